The zero-order valence-electron chi connectivity index (χ0n) is 7.58. The molecular formula is C10H12O2S. The van der Waals surface area contributed by atoms with E-state index in [4.69, 9.17) is 0 Å². The van der Waals surface area contributed by atoms with Crippen molar-refractivity contribution in [3.05, 3.63) is 29.3 Å². The van der Waals surface area contributed by atoms with Crippen LogP contribution in [0.1, 0.15) is 17.5 Å². The number of hydrogen-bond acceptors (Lipinski definition) is 2. The van der Waals surface area contributed by atoms with Gasteiger partial charge in [0.15, 0.2) is 9.84 Å². The maximum absolute atomic E-state index is 11.6. The van der Waals surface area contributed by atoms with Gasteiger partial charge in [0.1, 0.15) is 0 Å². The number of benzene rings is 1. The second kappa shape index (κ2) is 2.84. The Kier molecular flexibility index (Phi) is 1.91. The third-order valence-corrected chi connectivity index (χ3v) is 4.30. The largest absolute Gasteiger partial charge is 0.224 e. The van der Waals surface area contributed by atoms with Gasteiger partial charge in [-0.15, -0.1) is 0 Å². The minimum Gasteiger partial charge on any atom is -0.224 e. The summed E-state index contributed by atoms with van der Waals surface area (Å²) in [5.74, 6) is 0.309. The second-order valence-corrected chi connectivity index (χ2v) is 5.61. The van der Waals surface area contributed by atoms with Gasteiger partial charge in [-0.3, -0.25) is 0 Å². The molecule has 0 aliphatic carbocycles. The Morgan fingerprint density at radius 1 is 1.31 bits per heavy atom. The summed E-state index contributed by atoms with van der Waals surface area (Å²) < 4.78 is 23.2. The summed E-state index contributed by atoms with van der Waals surface area (Å²) in [4.78, 5) is 0.546. The van der Waals surface area contributed by atoms with E-state index in [0.717, 1.165) is 24.0 Å². The average molecular weight is 196 g/mol. The molecule has 0 N–H and O–H groups in total. The van der Waals surface area contributed by atoms with Crippen LogP contribution in [0, 0.1) is 6.92 Å². The minimum absolute atomic E-state index is 0.309. The van der Waals surface area contributed by atoms with Crippen molar-refractivity contribution in [2.75, 3.05) is 5.75 Å². The van der Waals surface area contributed by atoms with Crippen LogP contribution in [-0.4, -0.2) is 14.2 Å². The second-order valence-electron chi connectivity index (χ2n) is 3.53. The highest BCUT2D eigenvalue weighted by molar-refractivity contribution is 7.91. The van der Waals surface area contributed by atoms with E-state index in [1.165, 1.54) is 0 Å². The smallest absolute Gasteiger partial charge is 0.178 e. The van der Waals surface area contributed by atoms with Crippen molar-refractivity contribution in [1.29, 1.82) is 0 Å². The van der Waals surface area contributed by atoms with Gasteiger partial charge in [-0.05, 0) is 31.4 Å². The van der Waals surface area contributed by atoms with E-state index in [1.54, 1.807) is 6.07 Å². The Morgan fingerprint density at radius 3 is 2.85 bits per heavy atom. The zero-order valence-corrected chi connectivity index (χ0v) is 8.39. The number of aryl methyl sites for hydroxylation is 2. The predicted octanol–water partition coefficient (Wildman–Crippen LogP) is 1.71. The van der Waals surface area contributed by atoms with Crippen LogP contribution in [0.2, 0.25) is 0 Å². The van der Waals surface area contributed by atoms with E-state index in [0.29, 0.717) is 10.6 Å². The van der Waals surface area contributed by atoms with Gasteiger partial charge in [0.25, 0.3) is 0 Å². The molecule has 0 unspecified atom stereocenters. The molecule has 1 aromatic carbocycles. The SMILES string of the molecule is Cc1ccc2c(c1)CCCS2(=O)=O. The summed E-state index contributed by atoms with van der Waals surface area (Å²) in [5, 5.41) is 0. The summed E-state index contributed by atoms with van der Waals surface area (Å²) in [6.45, 7) is 1.99. The first-order chi connectivity index (χ1) is 6.09. The molecule has 0 spiro atoms. The van der Waals surface area contributed by atoms with Gasteiger partial charge in [-0.25, -0.2) is 8.42 Å². The van der Waals surface area contributed by atoms with Gasteiger partial charge in [-0.1, -0.05) is 17.7 Å². The normalized spacial score (nSPS) is 19.5. The van der Waals surface area contributed by atoms with Gasteiger partial charge in [0.05, 0.1) is 10.6 Å². The van der Waals surface area contributed by atoms with Crippen LogP contribution >= 0.6 is 0 Å². The molecule has 0 amide bonds. The van der Waals surface area contributed by atoms with Gasteiger partial charge in [-0.2, -0.15) is 0 Å². The number of fused-ring (bicyclic) bond motifs is 1. The van der Waals surface area contributed by atoms with E-state index in [1.807, 2.05) is 19.1 Å². The summed E-state index contributed by atoms with van der Waals surface area (Å²) in [7, 11) is -2.96. The monoisotopic (exact) mass is 196 g/mol. The molecule has 1 aliphatic heterocycles. The Hall–Kier alpha value is -0.830. The molecule has 70 valence electrons. The molecule has 0 radical (unpaired) electrons. The minimum atomic E-state index is -2.96. The van der Waals surface area contributed by atoms with Crippen molar-refractivity contribution in [3.8, 4) is 0 Å². The third-order valence-electron chi connectivity index (χ3n) is 2.41. The number of rotatable bonds is 0. The fraction of sp³-hybridized carbons (Fsp3) is 0.400. The molecule has 0 bridgehead atoms. The quantitative estimate of drug-likeness (QED) is 0.633. The Balaban J connectivity index is 2.66. The Labute approximate surface area is 78.5 Å². The van der Waals surface area contributed by atoms with E-state index < -0.39 is 9.84 Å². The van der Waals surface area contributed by atoms with Crippen molar-refractivity contribution in [2.45, 2.75) is 24.7 Å². The molecular weight excluding hydrogens is 184 g/mol. The molecule has 2 rings (SSSR count). The standard InChI is InChI=1S/C10H12O2S/c1-8-4-5-10-9(7-8)3-2-6-13(10,11)12/h4-5,7H,2-3,6H2,1H3. The highest BCUT2D eigenvalue weighted by Gasteiger charge is 2.22. The summed E-state index contributed by atoms with van der Waals surface area (Å²) in [5.41, 5.74) is 2.13. The molecule has 3 heteroatoms. The fourth-order valence-electron chi connectivity index (χ4n) is 1.77. The summed E-state index contributed by atoms with van der Waals surface area (Å²) in [6, 6.07) is 5.58. The van der Waals surface area contributed by atoms with Gasteiger partial charge in [0, 0.05) is 0 Å². The molecule has 0 atom stereocenters. The van der Waals surface area contributed by atoms with Crippen LogP contribution in [0.25, 0.3) is 0 Å². The van der Waals surface area contributed by atoms with E-state index >= 15 is 0 Å². The molecule has 1 aliphatic rings. The van der Waals surface area contributed by atoms with Crippen LogP contribution < -0.4 is 0 Å². The molecule has 13 heavy (non-hydrogen) atoms. The molecule has 0 aromatic heterocycles. The first kappa shape index (κ1) is 8.75. The molecule has 0 fully saturated rings. The summed E-state index contributed by atoms with van der Waals surface area (Å²) in [6.07, 6.45) is 1.66. The van der Waals surface area contributed by atoms with E-state index in [9.17, 15) is 8.42 Å². The van der Waals surface area contributed by atoms with Crippen LogP contribution in [0.4, 0.5) is 0 Å². The van der Waals surface area contributed by atoms with Crippen molar-refractivity contribution in [2.24, 2.45) is 0 Å². The van der Waals surface area contributed by atoms with E-state index in [2.05, 4.69) is 0 Å². The average Bonchev–Trinajstić information content (AvgIpc) is 2.02. The van der Waals surface area contributed by atoms with Gasteiger partial charge in [0.2, 0.25) is 0 Å². The van der Waals surface area contributed by atoms with E-state index in [-0.39, 0.29) is 0 Å². The van der Waals surface area contributed by atoms with Crippen molar-refractivity contribution < 1.29 is 8.42 Å². The van der Waals surface area contributed by atoms with Crippen molar-refractivity contribution >= 4 is 9.84 Å². The lowest BCUT2D eigenvalue weighted by molar-refractivity contribution is 0.586. The lowest BCUT2D eigenvalue weighted by atomic mass is 10.1. The topological polar surface area (TPSA) is 34.1 Å². The Bertz CT molecular complexity index is 432. The van der Waals surface area contributed by atoms with Crippen LogP contribution in [0.3, 0.4) is 0 Å². The lowest BCUT2D eigenvalue weighted by Gasteiger charge is -2.16. The van der Waals surface area contributed by atoms with Crippen LogP contribution in [0.15, 0.2) is 23.1 Å². The fourth-order valence-corrected chi connectivity index (χ4v) is 3.35. The third kappa shape index (κ3) is 1.48. The van der Waals surface area contributed by atoms with Crippen LogP contribution in [-0.2, 0) is 16.3 Å². The van der Waals surface area contributed by atoms with Gasteiger partial charge < -0.3 is 0 Å². The Morgan fingerprint density at radius 2 is 2.08 bits per heavy atom. The van der Waals surface area contributed by atoms with Gasteiger partial charge >= 0.3 is 0 Å². The predicted molar refractivity (Wildman–Crippen MR) is 51.6 cm³/mol. The first-order valence-corrected chi connectivity index (χ1v) is 6.07. The van der Waals surface area contributed by atoms with Crippen molar-refractivity contribution in [3.63, 3.8) is 0 Å². The van der Waals surface area contributed by atoms with Crippen molar-refractivity contribution in [1.82, 2.24) is 0 Å². The number of sulfone groups is 1. The molecule has 0 saturated heterocycles. The lowest BCUT2D eigenvalue weighted by Crippen LogP contribution is -2.15. The maximum Gasteiger partial charge on any atom is 0.178 e. The zero-order chi connectivity index (χ0) is 9.47. The molecule has 2 nitrogen and oxygen atoms in total. The van der Waals surface area contributed by atoms with Crippen LogP contribution in [0.5, 0.6) is 0 Å². The molecule has 0 saturated carbocycles. The maximum atomic E-state index is 11.6. The molecule has 1 aromatic rings. The number of hydrogen-bond donors (Lipinski definition) is 0. The summed E-state index contributed by atoms with van der Waals surface area (Å²) >= 11 is 0. The first-order valence-electron chi connectivity index (χ1n) is 4.42. The highest BCUT2D eigenvalue weighted by atomic mass is 32.2. The molecule has 1 heterocycles. The highest BCUT2D eigenvalue weighted by Crippen LogP contribution is 2.25.